The molecule has 0 atom stereocenters. The van der Waals surface area contributed by atoms with Crippen molar-refractivity contribution in [2.24, 2.45) is 14.1 Å². The van der Waals surface area contributed by atoms with E-state index in [1.165, 1.54) is 35.5 Å². The maximum absolute atomic E-state index is 12.9. The normalized spacial score (nSPS) is 11.1. The molecule has 0 aliphatic carbocycles. The molecule has 0 unspecified atom stereocenters. The summed E-state index contributed by atoms with van der Waals surface area (Å²) >= 11 is 1.49. The zero-order valence-electron chi connectivity index (χ0n) is 16.5. The van der Waals surface area contributed by atoms with Crippen LogP contribution in [0.25, 0.3) is 11.0 Å². The Morgan fingerprint density at radius 3 is 2.45 bits per heavy atom. The molecule has 29 heavy (non-hydrogen) atoms. The van der Waals surface area contributed by atoms with Crippen LogP contribution in [0.4, 0.5) is 5.69 Å². The number of benzene rings is 1. The van der Waals surface area contributed by atoms with E-state index in [0.717, 1.165) is 39.9 Å². The van der Waals surface area contributed by atoms with Gasteiger partial charge in [-0.2, -0.15) is 0 Å². The van der Waals surface area contributed by atoms with E-state index in [1.807, 2.05) is 0 Å². The lowest BCUT2D eigenvalue weighted by Gasteiger charge is -2.14. The molecule has 0 spiro atoms. The molecular weight excluding hydrogens is 392 g/mol. The van der Waals surface area contributed by atoms with Crippen molar-refractivity contribution >= 4 is 28.5 Å². The number of non-ortho nitro benzene ring substituents is 1. The number of pyridine rings is 1. The van der Waals surface area contributed by atoms with E-state index < -0.39 is 10.6 Å². The second kappa shape index (κ2) is 8.60. The SMILES string of the molecule is CCCCc1cnc2c(c1SCc1ccc([N+](=O)[O-])cc1)c(=O)n(C)c(=O)n2C. The molecule has 0 N–H and O–H groups in total. The van der Waals surface area contributed by atoms with E-state index in [9.17, 15) is 19.7 Å². The van der Waals surface area contributed by atoms with Crippen LogP contribution >= 0.6 is 11.8 Å². The fourth-order valence-electron chi connectivity index (χ4n) is 3.12. The highest BCUT2D eigenvalue weighted by Crippen LogP contribution is 2.32. The molecule has 0 aliphatic heterocycles. The van der Waals surface area contributed by atoms with Gasteiger partial charge < -0.3 is 0 Å². The number of aromatic nitrogens is 3. The van der Waals surface area contributed by atoms with Crippen molar-refractivity contribution in [2.75, 3.05) is 0 Å². The Kier molecular flexibility index (Phi) is 6.17. The Hall–Kier alpha value is -2.94. The summed E-state index contributed by atoms with van der Waals surface area (Å²) in [6.45, 7) is 2.10. The standard InChI is InChI=1S/C20H22N4O4S/c1-4-5-6-14-11-21-18-16(19(25)23(3)20(26)22(18)2)17(14)29-12-13-7-9-15(10-8-13)24(27)28/h7-11H,4-6,12H2,1-3H3. The molecule has 3 aromatic rings. The van der Waals surface area contributed by atoms with Crippen molar-refractivity contribution in [1.82, 2.24) is 14.1 Å². The molecule has 0 radical (unpaired) electrons. The molecular formula is C20H22N4O4S. The zero-order chi connectivity index (χ0) is 21.1. The van der Waals surface area contributed by atoms with E-state index >= 15 is 0 Å². The van der Waals surface area contributed by atoms with Crippen LogP contribution in [0.1, 0.15) is 30.9 Å². The van der Waals surface area contributed by atoms with Gasteiger partial charge in [-0.1, -0.05) is 25.5 Å². The molecule has 0 saturated heterocycles. The third-order valence-corrected chi connectivity index (χ3v) is 6.06. The van der Waals surface area contributed by atoms with Crippen LogP contribution in [0, 0.1) is 10.1 Å². The minimum Gasteiger partial charge on any atom is -0.280 e. The number of hydrogen-bond donors (Lipinski definition) is 0. The van der Waals surface area contributed by atoms with Crippen LogP contribution in [-0.4, -0.2) is 19.0 Å². The predicted octanol–water partition coefficient (Wildman–Crippen LogP) is 3.18. The first-order valence-corrected chi connectivity index (χ1v) is 10.3. The van der Waals surface area contributed by atoms with Crippen molar-refractivity contribution in [1.29, 1.82) is 0 Å². The monoisotopic (exact) mass is 414 g/mol. The van der Waals surface area contributed by atoms with Crippen molar-refractivity contribution in [3.63, 3.8) is 0 Å². The van der Waals surface area contributed by atoms with Crippen LogP contribution in [0.2, 0.25) is 0 Å². The topological polar surface area (TPSA) is 100 Å². The first-order valence-electron chi connectivity index (χ1n) is 9.28. The number of rotatable bonds is 7. The smallest absolute Gasteiger partial charge is 0.280 e. The molecule has 2 heterocycles. The number of nitro benzene ring substituents is 1. The maximum Gasteiger partial charge on any atom is 0.332 e. The van der Waals surface area contributed by atoms with E-state index in [2.05, 4.69) is 11.9 Å². The highest BCUT2D eigenvalue weighted by molar-refractivity contribution is 7.98. The van der Waals surface area contributed by atoms with E-state index in [0.29, 0.717) is 16.8 Å². The highest BCUT2D eigenvalue weighted by Gasteiger charge is 2.17. The lowest BCUT2D eigenvalue weighted by atomic mass is 10.1. The number of unbranched alkanes of at least 4 members (excludes halogenated alkanes) is 1. The molecule has 152 valence electrons. The summed E-state index contributed by atoms with van der Waals surface area (Å²) in [5.41, 5.74) is 1.52. The summed E-state index contributed by atoms with van der Waals surface area (Å²) in [6.07, 6.45) is 4.50. The highest BCUT2D eigenvalue weighted by atomic mass is 32.2. The first-order chi connectivity index (χ1) is 13.8. The van der Waals surface area contributed by atoms with Gasteiger partial charge in [-0.25, -0.2) is 9.78 Å². The average Bonchev–Trinajstić information content (AvgIpc) is 2.73. The van der Waals surface area contributed by atoms with Gasteiger partial charge in [0.15, 0.2) is 0 Å². The number of aryl methyl sites for hydroxylation is 2. The molecule has 2 aromatic heterocycles. The number of hydrogen-bond acceptors (Lipinski definition) is 6. The summed E-state index contributed by atoms with van der Waals surface area (Å²) in [5, 5.41) is 11.3. The van der Waals surface area contributed by atoms with Gasteiger partial charge in [0.2, 0.25) is 0 Å². The van der Waals surface area contributed by atoms with Crippen molar-refractivity contribution < 1.29 is 4.92 Å². The van der Waals surface area contributed by atoms with Gasteiger partial charge in [-0.05, 0) is 24.0 Å². The van der Waals surface area contributed by atoms with Crippen LogP contribution in [0.5, 0.6) is 0 Å². The molecule has 9 heteroatoms. The molecule has 1 aromatic carbocycles. The maximum atomic E-state index is 12.9. The van der Waals surface area contributed by atoms with Crippen LogP contribution < -0.4 is 11.2 Å². The summed E-state index contributed by atoms with van der Waals surface area (Å²) in [4.78, 5) is 40.8. The minimum atomic E-state index is -0.430. The van der Waals surface area contributed by atoms with Gasteiger partial charge in [-0.15, -0.1) is 11.8 Å². The lowest BCUT2D eigenvalue weighted by molar-refractivity contribution is -0.384. The number of fused-ring (bicyclic) bond motifs is 1. The lowest BCUT2D eigenvalue weighted by Crippen LogP contribution is -2.37. The fraction of sp³-hybridized carbons (Fsp3) is 0.350. The predicted molar refractivity (Wildman–Crippen MR) is 113 cm³/mol. The molecule has 3 rings (SSSR count). The third-order valence-electron chi connectivity index (χ3n) is 4.83. The molecule has 0 saturated carbocycles. The Labute approximate surface area is 171 Å². The van der Waals surface area contributed by atoms with Gasteiger partial charge >= 0.3 is 5.69 Å². The van der Waals surface area contributed by atoms with E-state index in [-0.39, 0.29) is 11.2 Å². The average molecular weight is 414 g/mol. The summed E-state index contributed by atoms with van der Waals surface area (Å²) < 4.78 is 2.49. The molecule has 0 amide bonds. The fourth-order valence-corrected chi connectivity index (χ4v) is 4.29. The van der Waals surface area contributed by atoms with Gasteiger partial charge in [0.1, 0.15) is 5.65 Å². The number of thioether (sulfide) groups is 1. The zero-order valence-corrected chi connectivity index (χ0v) is 17.4. The second-order valence-electron chi connectivity index (χ2n) is 6.83. The first kappa shape index (κ1) is 20.8. The molecule has 8 nitrogen and oxygen atoms in total. The Bertz CT molecular complexity index is 1180. The van der Waals surface area contributed by atoms with Crippen molar-refractivity contribution in [3.05, 3.63) is 72.5 Å². The number of nitrogens with zero attached hydrogens (tertiary/aromatic N) is 4. The Morgan fingerprint density at radius 2 is 1.83 bits per heavy atom. The van der Waals surface area contributed by atoms with Crippen LogP contribution in [0.3, 0.4) is 0 Å². The minimum absolute atomic E-state index is 0.0422. The molecule has 0 fully saturated rings. The quantitative estimate of drug-likeness (QED) is 0.334. The Balaban J connectivity index is 2.08. The number of nitro groups is 1. The summed E-state index contributed by atoms with van der Waals surface area (Å²) in [7, 11) is 3.07. The molecule has 0 bridgehead atoms. The second-order valence-corrected chi connectivity index (χ2v) is 7.82. The van der Waals surface area contributed by atoms with Gasteiger partial charge in [-0.3, -0.25) is 24.0 Å². The van der Waals surface area contributed by atoms with Gasteiger partial charge in [0, 0.05) is 43.1 Å². The van der Waals surface area contributed by atoms with E-state index in [4.69, 9.17) is 0 Å². The summed E-state index contributed by atoms with van der Waals surface area (Å²) in [5.74, 6) is 0.544. The van der Waals surface area contributed by atoms with Crippen LogP contribution in [-0.2, 0) is 26.3 Å². The van der Waals surface area contributed by atoms with E-state index in [1.54, 1.807) is 25.4 Å². The van der Waals surface area contributed by atoms with Crippen molar-refractivity contribution in [3.8, 4) is 0 Å². The largest absolute Gasteiger partial charge is 0.332 e. The van der Waals surface area contributed by atoms with Gasteiger partial charge in [0.25, 0.3) is 11.2 Å². The third kappa shape index (κ3) is 4.09. The van der Waals surface area contributed by atoms with Crippen molar-refractivity contribution in [2.45, 2.75) is 36.8 Å². The van der Waals surface area contributed by atoms with Crippen LogP contribution in [0.15, 0.2) is 44.9 Å². The Morgan fingerprint density at radius 1 is 1.14 bits per heavy atom. The molecule has 0 aliphatic rings. The summed E-state index contributed by atoms with van der Waals surface area (Å²) in [6, 6.07) is 6.38. The van der Waals surface area contributed by atoms with Gasteiger partial charge in [0.05, 0.1) is 10.3 Å².